The Morgan fingerprint density at radius 2 is 2.44 bits per heavy atom. The molecule has 0 rings (SSSR count). The summed E-state index contributed by atoms with van der Waals surface area (Å²) in [6.07, 6.45) is 0.820. The van der Waals surface area contributed by atoms with Gasteiger partial charge in [-0.25, -0.2) is 4.79 Å². The fraction of sp³-hybridized carbons (Fsp3) is 0.400. The highest BCUT2D eigenvalue weighted by molar-refractivity contribution is 5.68. The Kier molecular flexibility index (Phi) is 8.41. The summed E-state index contributed by atoms with van der Waals surface area (Å²) < 4.78 is 4.46. The molecule has 0 aromatic heterocycles. The van der Waals surface area contributed by atoms with E-state index in [0.717, 1.165) is 0 Å². The molecule has 0 atom stereocenters. The van der Waals surface area contributed by atoms with Crippen LogP contribution >= 0.6 is 0 Å². The number of carbonyl (C=O) groups is 1. The van der Waals surface area contributed by atoms with E-state index in [4.69, 9.17) is 0 Å². The Bertz CT molecular complexity index is 92.2. The van der Waals surface area contributed by atoms with E-state index in [1.165, 1.54) is 6.20 Å². The van der Waals surface area contributed by atoms with Crippen LogP contribution in [0.25, 0.3) is 0 Å². The van der Waals surface area contributed by atoms with Crippen molar-refractivity contribution in [3.63, 3.8) is 0 Å². The van der Waals surface area contributed by atoms with Crippen LogP contribution in [-0.2, 0) is 4.74 Å². The fourth-order valence-corrected chi connectivity index (χ4v) is 0.256. The summed E-state index contributed by atoms with van der Waals surface area (Å²) in [4.78, 5) is 10.2. The quantitative estimate of drug-likeness (QED) is 0.578. The van der Waals surface area contributed by atoms with Crippen molar-refractivity contribution < 1.29 is 15.0 Å². The predicted molar refractivity (Wildman–Crippen MR) is 34.0 cm³/mol. The monoisotopic (exact) mass is 133 g/mol. The van der Waals surface area contributed by atoms with Crippen molar-refractivity contribution in [2.75, 3.05) is 6.61 Å². The second-order valence-corrected chi connectivity index (χ2v) is 1.07. The number of rotatable bonds is 2. The number of nitrogens with one attached hydrogen (secondary N) is 1. The van der Waals surface area contributed by atoms with Crippen LogP contribution in [0.5, 0.6) is 0 Å². The minimum absolute atomic E-state index is 0. The summed E-state index contributed by atoms with van der Waals surface area (Å²) in [6.45, 7) is 5.40. The highest BCUT2D eigenvalue weighted by Crippen LogP contribution is 1.73. The van der Waals surface area contributed by atoms with Crippen molar-refractivity contribution in [2.45, 2.75) is 6.92 Å². The van der Waals surface area contributed by atoms with E-state index in [9.17, 15) is 4.79 Å². The van der Waals surface area contributed by atoms with Gasteiger partial charge < -0.3 is 10.2 Å². The topological polar surface area (TPSA) is 69.8 Å². The van der Waals surface area contributed by atoms with Crippen molar-refractivity contribution in [1.82, 2.24) is 5.32 Å². The average molecular weight is 133 g/mol. The van der Waals surface area contributed by atoms with Crippen molar-refractivity contribution in [2.24, 2.45) is 0 Å². The third-order valence-electron chi connectivity index (χ3n) is 0.495. The minimum atomic E-state index is -0.456. The van der Waals surface area contributed by atoms with Gasteiger partial charge >= 0.3 is 6.09 Å². The molecule has 4 nitrogen and oxygen atoms in total. The molecule has 0 aromatic carbocycles. The SMILES string of the molecule is C=CNC(=O)OCC.O. The number of ether oxygens (including phenoxy) is 1. The Morgan fingerprint density at radius 1 is 1.89 bits per heavy atom. The van der Waals surface area contributed by atoms with Gasteiger partial charge in [-0.2, -0.15) is 0 Å². The third kappa shape index (κ3) is 6.97. The lowest BCUT2D eigenvalue weighted by atomic mass is 10.8. The second-order valence-electron chi connectivity index (χ2n) is 1.07. The van der Waals surface area contributed by atoms with Gasteiger partial charge in [-0.15, -0.1) is 0 Å². The number of hydrogen-bond acceptors (Lipinski definition) is 2. The average Bonchev–Trinajstić information content (AvgIpc) is 1.68. The van der Waals surface area contributed by atoms with Crippen LogP contribution in [0.3, 0.4) is 0 Å². The molecule has 54 valence electrons. The summed E-state index contributed by atoms with van der Waals surface area (Å²) in [5.41, 5.74) is 0. The predicted octanol–water partition coefficient (Wildman–Crippen LogP) is 0.0513. The lowest BCUT2D eigenvalue weighted by Crippen LogP contribution is -2.17. The maximum absolute atomic E-state index is 10.2. The standard InChI is InChI=1S/C5H9NO2.H2O/c1-3-6-5(7)8-4-2;/h3H,1,4H2,2H3,(H,6,7);1H2. The number of hydrogen-bond donors (Lipinski definition) is 1. The largest absolute Gasteiger partial charge is 0.450 e. The Morgan fingerprint density at radius 3 is 2.78 bits per heavy atom. The molecule has 0 radical (unpaired) electrons. The zero-order chi connectivity index (χ0) is 6.41. The van der Waals surface area contributed by atoms with E-state index < -0.39 is 6.09 Å². The molecule has 0 spiro atoms. The normalized spacial score (nSPS) is 6.78. The maximum atomic E-state index is 10.2. The van der Waals surface area contributed by atoms with E-state index in [0.29, 0.717) is 6.61 Å². The van der Waals surface area contributed by atoms with Gasteiger partial charge in [0, 0.05) is 0 Å². The summed E-state index contributed by atoms with van der Waals surface area (Å²) in [6, 6.07) is 0. The van der Waals surface area contributed by atoms with E-state index in [2.05, 4.69) is 16.6 Å². The van der Waals surface area contributed by atoms with Crippen LogP contribution < -0.4 is 5.32 Å². The number of carbonyl (C=O) groups excluding carboxylic acids is 1. The molecule has 9 heavy (non-hydrogen) atoms. The van der Waals surface area contributed by atoms with Gasteiger partial charge in [0.2, 0.25) is 0 Å². The van der Waals surface area contributed by atoms with Crippen LogP contribution in [0.2, 0.25) is 0 Å². The summed E-state index contributed by atoms with van der Waals surface area (Å²) >= 11 is 0. The Balaban J connectivity index is 0. The zero-order valence-corrected chi connectivity index (χ0v) is 5.31. The smallest absolute Gasteiger partial charge is 0.411 e. The molecule has 0 heterocycles. The van der Waals surface area contributed by atoms with Gasteiger partial charge in [0.1, 0.15) is 0 Å². The number of amides is 1. The molecular weight excluding hydrogens is 122 g/mol. The maximum Gasteiger partial charge on any atom is 0.411 e. The molecule has 4 heteroatoms. The van der Waals surface area contributed by atoms with Crippen molar-refractivity contribution >= 4 is 6.09 Å². The first-order valence-electron chi connectivity index (χ1n) is 2.35. The molecule has 0 aromatic rings. The van der Waals surface area contributed by atoms with Crippen LogP contribution in [0.1, 0.15) is 6.92 Å². The summed E-state index contributed by atoms with van der Waals surface area (Å²) in [5, 5.41) is 2.25. The Hall–Kier alpha value is -1.03. The molecular formula is C5H11NO3. The van der Waals surface area contributed by atoms with Crippen molar-refractivity contribution in [3.05, 3.63) is 12.8 Å². The van der Waals surface area contributed by atoms with Gasteiger partial charge in [0.15, 0.2) is 0 Å². The lowest BCUT2D eigenvalue weighted by Gasteiger charge is -1.96. The molecule has 0 aliphatic heterocycles. The van der Waals surface area contributed by atoms with Crippen molar-refractivity contribution in [1.29, 1.82) is 0 Å². The molecule has 0 aliphatic carbocycles. The molecule has 0 fully saturated rings. The van der Waals surface area contributed by atoms with Crippen LogP contribution in [0.4, 0.5) is 4.79 Å². The molecule has 0 saturated carbocycles. The van der Waals surface area contributed by atoms with Crippen molar-refractivity contribution in [3.8, 4) is 0 Å². The van der Waals surface area contributed by atoms with Crippen LogP contribution in [0, 0.1) is 0 Å². The van der Waals surface area contributed by atoms with Gasteiger partial charge in [-0.1, -0.05) is 6.58 Å². The fourth-order valence-electron chi connectivity index (χ4n) is 0.256. The van der Waals surface area contributed by atoms with E-state index in [1.807, 2.05) is 0 Å². The summed E-state index contributed by atoms with van der Waals surface area (Å²) in [5.74, 6) is 0. The second kappa shape index (κ2) is 6.97. The summed E-state index contributed by atoms with van der Waals surface area (Å²) in [7, 11) is 0. The van der Waals surface area contributed by atoms with Crippen LogP contribution in [-0.4, -0.2) is 18.2 Å². The third-order valence-corrected chi connectivity index (χ3v) is 0.495. The van der Waals surface area contributed by atoms with Gasteiger partial charge in [0.05, 0.1) is 6.61 Å². The lowest BCUT2D eigenvalue weighted by molar-refractivity contribution is 0.156. The molecule has 0 saturated heterocycles. The minimum Gasteiger partial charge on any atom is -0.450 e. The zero-order valence-electron chi connectivity index (χ0n) is 5.31. The molecule has 3 N–H and O–H groups in total. The van der Waals surface area contributed by atoms with Gasteiger partial charge in [-0.3, -0.25) is 5.32 Å². The van der Waals surface area contributed by atoms with E-state index in [-0.39, 0.29) is 5.48 Å². The molecule has 0 aliphatic rings. The first-order valence-corrected chi connectivity index (χ1v) is 2.35. The highest BCUT2D eigenvalue weighted by atomic mass is 16.5. The number of alkyl carbamates (subject to hydrolysis) is 1. The van der Waals surface area contributed by atoms with Crippen LogP contribution in [0.15, 0.2) is 12.8 Å². The first kappa shape index (κ1) is 10.9. The molecule has 1 amide bonds. The van der Waals surface area contributed by atoms with Gasteiger partial charge in [-0.05, 0) is 13.1 Å². The first-order chi connectivity index (χ1) is 3.81. The Labute approximate surface area is 53.8 Å². The molecule has 0 bridgehead atoms. The van der Waals surface area contributed by atoms with E-state index in [1.54, 1.807) is 6.92 Å². The van der Waals surface area contributed by atoms with E-state index >= 15 is 0 Å². The highest BCUT2D eigenvalue weighted by Gasteiger charge is 1.91. The van der Waals surface area contributed by atoms with Gasteiger partial charge in [0.25, 0.3) is 0 Å². The molecule has 0 unspecified atom stereocenters.